The van der Waals surface area contributed by atoms with E-state index in [0.717, 1.165) is 34.8 Å². The average Bonchev–Trinajstić information content (AvgIpc) is 2.97. The highest BCUT2D eigenvalue weighted by atomic mass is 127. The van der Waals surface area contributed by atoms with Gasteiger partial charge in [-0.25, -0.2) is 4.98 Å². The average molecular weight is 508 g/mol. The number of guanidine groups is 1. The zero-order valence-corrected chi connectivity index (χ0v) is 19.8. The highest BCUT2D eigenvalue weighted by Crippen LogP contribution is 2.20. The number of halogens is 2. The van der Waals surface area contributed by atoms with Gasteiger partial charge in [-0.15, -0.1) is 35.3 Å². The minimum absolute atomic E-state index is 0. The number of aryl methyl sites for hydroxylation is 1. The van der Waals surface area contributed by atoms with Gasteiger partial charge in [0.25, 0.3) is 0 Å². The Kier molecular flexibility index (Phi) is 9.84. The van der Waals surface area contributed by atoms with Crippen molar-refractivity contribution in [2.45, 2.75) is 19.5 Å². The van der Waals surface area contributed by atoms with Crippen LogP contribution < -0.4 is 5.32 Å². The van der Waals surface area contributed by atoms with E-state index in [2.05, 4.69) is 56.7 Å². The van der Waals surface area contributed by atoms with Gasteiger partial charge in [0, 0.05) is 31.0 Å². The number of benzene rings is 1. The highest BCUT2D eigenvalue weighted by molar-refractivity contribution is 14.0. The number of rotatable bonds is 6. The van der Waals surface area contributed by atoms with Gasteiger partial charge in [0.1, 0.15) is 0 Å². The molecule has 26 heavy (non-hydrogen) atoms. The second-order valence-corrected chi connectivity index (χ2v) is 7.67. The van der Waals surface area contributed by atoms with Crippen LogP contribution in [0.2, 0.25) is 5.02 Å². The maximum absolute atomic E-state index is 6.01. The molecule has 0 radical (unpaired) electrons. The fourth-order valence-corrected chi connectivity index (χ4v) is 3.38. The molecule has 0 saturated heterocycles. The van der Waals surface area contributed by atoms with Crippen molar-refractivity contribution >= 4 is 52.9 Å². The lowest BCUT2D eigenvalue weighted by Gasteiger charge is -2.28. The predicted octanol–water partition coefficient (Wildman–Crippen LogP) is 4.03. The Balaban J connectivity index is 0.00000338. The second kappa shape index (κ2) is 11.1. The molecule has 0 saturated carbocycles. The minimum Gasteiger partial charge on any atom is -0.354 e. The van der Waals surface area contributed by atoms with Crippen LogP contribution in [-0.2, 0) is 6.54 Å². The molecule has 1 atom stereocenters. The minimum atomic E-state index is 0. The number of aromatic nitrogens is 1. The summed E-state index contributed by atoms with van der Waals surface area (Å²) in [5, 5.41) is 7.40. The van der Waals surface area contributed by atoms with E-state index >= 15 is 0 Å². The first-order valence-electron chi connectivity index (χ1n) is 8.15. The van der Waals surface area contributed by atoms with Crippen molar-refractivity contribution in [2.75, 3.05) is 34.7 Å². The molecule has 5 nitrogen and oxygen atoms in total. The molecule has 1 aromatic heterocycles. The topological polar surface area (TPSA) is 43.8 Å². The molecule has 1 N–H and O–H groups in total. The predicted molar refractivity (Wildman–Crippen MR) is 123 cm³/mol. The third-order valence-electron chi connectivity index (χ3n) is 3.97. The van der Waals surface area contributed by atoms with E-state index in [1.165, 1.54) is 5.56 Å². The Morgan fingerprint density at radius 2 is 1.92 bits per heavy atom. The standard InChI is InChI=1S/C18H26ClN5S.HI/c1-13-22-16(12-25-13)11-24(5)18(20-2)21-10-17(23(3)4)14-6-8-15(19)9-7-14;/h6-9,12,17H,10-11H2,1-5H3,(H,20,21);1H. The molecule has 0 amide bonds. The van der Waals surface area contributed by atoms with Gasteiger partial charge in [0.15, 0.2) is 5.96 Å². The van der Waals surface area contributed by atoms with Gasteiger partial charge < -0.3 is 15.1 Å². The fourth-order valence-electron chi connectivity index (χ4n) is 2.65. The lowest BCUT2D eigenvalue weighted by Crippen LogP contribution is -2.42. The summed E-state index contributed by atoms with van der Waals surface area (Å²) in [6.45, 7) is 3.51. The number of hydrogen-bond acceptors (Lipinski definition) is 4. The van der Waals surface area contributed by atoms with Gasteiger partial charge in [-0.05, 0) is 38.7 Å². The van der Waals surface area contributed by atoms with Gasteiger partial charge in [0.2, 0.25) is 0 Å². The molecule has 0 spiro atoms. The van der Waals surface area contributed by atoms with Gasteiger partial charge in [-0.2, -0.15) is 0 Å². The van der Waals surface area contributed by atoms with Crippen LogP contribution in [0.15, 0.2) is 34.6 Å². The molecule has 0 fully saturated rings. The normalized spacial score (nSPS) is 12.7. The zero-order chi connectivity index (χ0) is 18.4. The zero-order valence-electron chi connectivity index (χ0n) is 15.9. The lowest BCUT2D eigenvalue weighted by molar-refractivity contribution is 0.295. The molecule has 1 unspecified atom stereocenters. The maximum Gasteiger partial charge on any atom is 0.193 e. The summed E-state index contributed by atoms with van der Waals surface area (Å²) in [7, 11) is 7.98. The van der Waals surface area contributed by atoms with Crippen LogP contribution in [0.1, 0.15) is 22.3 Å². The van der Waals surface area contributed by atoms with Crippen LogP contribution in [0, 0.1) is 6.92 Å². The van der Waals surface area contributed by atoms with Crippen LogP contribution in [0.25, 0.3) is 0 Å². The summed E-state index contributed by atoms with van der Waals surface area (Å²) in [5.41, 5.74) is 2.28. The third-order valence-corrected chi connectivity index (χ3v) is 5.05. The molecule has 2 rings (SSSR count). The van der Waals surface area contributed by atoms with E-state index in [0.29, 0.717) is 0 Å². The Morgan fingerprint density at radius 1 is 1.27 bits per heavy atom. The van der Waals surface area contributed by atoms with E-state index in [9.17, 15) is 0 Å². The Hall–Kier alpha value is -0.900. The maximum atomic E-state index is 6.01. The van der Waals surface area contributed by atoms with Crippen LogP contribution in [0.3, 0.4) is 0 Å². The van der Waals surface area contributed by atoms with Crippen LogP contribution in [0.4, 0.5) is 0 Å². The fraction of sp³-hybridized carbons (Fsp3) is 0.444. The molecule has 0 aliphatic carbocycles. The SMILES string of the molecule is CN=C(NCC(c1ccc(Cl)cc1)N(C)C)N(C)Cc1csc(C)n1.I. The van der Waals surface area contributed by atoms with E-state index in [-0.39, 0.29) is 30.0 Å². The lowest BCUT2D eigenvalue weighted by atomic mass is 10.1. The van der Waals surface area contributed by atoms with Crippen molar-refractivity contribution in [1.29, 1.82) is 0 Å². The number of nitrogens with zero attached hydrogens (tertiary/aromatic N) is 4. The molecule has 2 aromatic rings. The second-order valence-electron chi connectivity index (χ2n) is 6.17. The quantitative estimate of drug-likeness (QED) is 0.364. The Morgan fingerprint density at radius 3 is 2.42 bits per heavy atom. The molecular weight excluding hydrogens is 481 g/mol. The van der Waals surface area contributed by atoms with Gasteiger partial charge in [-0.1, -0.05) is 23.7 Å². The molecular formula is C18H27ClIN5S. The number of aliphatic imine (C=N–C) groups is 1. The third kappa shape index (κ3) is 6.68. The number of nitrogens with one attached hydrogen (secondary N) is 1. The van der Waals surface area contributed by atoms with Gasteiger partial charge in [0.05, 0.1) is 23.3 Å². The van der Waals surface area contributed by atoms with Gasteiger partial charge in [-0.3, -0.25) is 4.99 Å². The summed E-state index contributed by atoms with van der Waals surface area (Å²) in [5.74, 6) is 0.853. The first-order valence-corrected chi connectivity index (χ1v) is 9.41. The summed E-state index contributed by atoms with van der Waals surface area (Å²) in [6.07, 6.45) is 0. The van der Waals surface area contributed by atoms with Crippen molar-refractivity contribution in [3.63, 3.8) is 0 Å². The van der Waals surface area contributed by atoms with Crippen LogP contribution in [0.5, 0.6) is 0 Å². The van der Waals surface area contributed by atoms with Crippen molar-refractivity contribution in [3.8, 4) is 0 Å². The monoisotopic (exact) mass is 507 g/mol. The van der Waals surface area contributed by atoms with Crippen molar-refractivity contribution in [3.05, 3.63) is 50.9 Å². The summed E-state index contributed by atoms with van der Waals surface area (Å²) in [4.78, 5) is 13.2. The van der Waals surface area contributed by atoms with Crippen molar-refractivity contribution < 1.29 is 0 Å². The summed E-state index contributed by atoms with van der Waals surface area (Å²) in [6, 6.07) is 8.22. The number of hydrogen-bond donors (Lipinski definition) is 1. The van der Waals surface area contributed by atoms with E-state index in [1.54, 1.807) is 18.4 Å². The van der Waals surface area contributed by atoms with E-state index < -0.39 is 0 Å². The van der Waals surface area contributed by atoms with Crippen LogP contribution >= 0.6 is 46.9 Å². The molecule has 0 aliphatic rings. The van der Waals surface area contributed by atoms with Crippen molar-refractivity contribution in [1.82, 2.24) is 20.1 Å². The molecule has 1 heterocycles. The van der Waals surface area contributed by atoms with E-state index in [4.69, 9.17) is 11.6 Å². The highest BCUT2D eigenvalue weighted by Gasteiger charge is 2.16. The summed E-state index contributed by atoms with van der Waals surface area (Å²) >= 11 is 7.68. The van der Waals surface area contributed by atoms with E-state index in [1.807, 2.05) is 26.1 Å². The molecule has 8 heteroatoms. The first-order chi connectivity index (χ1) is 11.9. The summed E-state index contributed by atoms with van der Waals surface area (Å²) < 4.78 is 0. The Bertz CT molecular complexity index is 702. The molecule has 144 valence electrons. The first kappa shape index (κ1) is 23.1. The Labute approximate surface area is 182 Å². The molecule has 0 bridgehead atoms. The smallest absolute Gasteiger partial charge is 0.193 e. The van der Waals surface area contributed by atoms with Gasteiger partial charge >= 0.3 is 0 Å². The number of thiazole rings is 1. The molecule has 1 aromatic carbocycles. The van der Waals surface area contributed by atoms with Crippen LogP contribution in [-0.4, -0.2) is 55.5 Å². The van der Waals surface area contributed by atoms with Crippen molar-refractivity contribution in [2.24, 2.45) is 4.99 Å². The molecule has 0 aliphatic heterocycles. The largest absolute Gasteiger partial charge is 0.354 e. The number of likely N-dealkylation sites (N-methyl/N-ethyl adjacent to an activating group) is 1.